The summed E-state index contributed by atoms with van der Waals surface area (Å²) in [6, 6.07) is 17.9. The molecule has 1 aliphatic rings. The average Bonchev–Trinajstić information content (AvgIpc) is 3.20. The molecule has 0 aromatic heterocycles. The summed E-state index contributed by atoms with van der Waals surface area (Å²) in [7, 11) is 0. The van der Waals surface area contributed by atoms with E-state index in [4.69, 9.17) is 9.47 Å². The van der Waals surface area contributed by atoms with Crippen molar-refractivity contribution in [1.82, 2.24) is 4.90 Å². The van der Waals surface area contributed by atoms with Crippen LogP contribution >= 0.6 is 0 Å². The van der Waals surface area contributed by atoms with Gasteiger partial charge in [-0.3, -0.25) is 0 Å². The molecule has 32 heavy (non-hydrogen) atoms. The first kappa shape index (κ1) is 24.1. The number of hydrogen-bond donors (Lipinski definition) is 0. The Kier molecular flexibility index (Phi) is 8.21. The van der Waals surface area contributed by atoms with Gasteiger partial charge in [0.1, 0.15) is 0 Å². The van der Waals surface area contributed by atoms with Gasteiger partial charge in [0.2, 0.25) is 0 Å². The summed E-state index contributed by atoms with van der Waals surface area (Å²) >= 11 is -2.22. The quantitative estimate of drug-likeness (QED) is 0.417. The molecule has 1 amide bonds. The number of likely N-dealkylation sites (tertiary alicyclic amines) is 1. The fourth-order valence-electron chi connectivity index (χ4n) is 3.77. The van der Waals surface area contributed by atoms with Crippen LogP contribution in [0.25, 0.3) is 0 Å². The molecule has 0 radical (unpaired) electrons. The minimum absolute atomic E-state index is 0.131. The molecule has 3 rings (SSSR count). The van der Waals surface area contributed by atoms with Crippen LogP contribution in [0.1, 0.15) is 45.6 Å². The zero-order chi connectivity index (χ0) is 23.1. The zero-order valence-corrected chi connectivity index (χ0v) is 20.6. The van der Waals surface area contributed by atoms with Gasteiger partial charge in [-0.2, -0.15) is 0 Å². The normalized spacial score (nSPS) is 19.4. The maximum absolute atomic E-state index is 13.1. The van der Waals surface area contributed by atoms with E-state index in [0.29, 0.717) is 24.6 Å². The third-order valence-electron chi connectivity index (χ3n) is 5.24. The van der Waals surface area contributed by atoms with Crippen LogP contribution in [0.4, 0.5) is 4.79 Å². The van der Waals surface area contributed by atoms with Gasteiger partial charge in [0.15, 0.2) is 0 Å². The van der Waals surface area contributed by atoms with Gasteiger partial charge in [-0.05, 0) is 0 Å². The third-order valence-corrected chi connectivity index (χ3v) is 8.19. The molecule has 2 aromatic carbocycles. The van der Waals surface area contributed by atoms with E-state index in [1.165, 1.54) is 4.90 Å². The van der Waals surface area contributed by atoms with Crippen LogP contribution in [0.3, 0.4) is 0 Å². The van der Waals surface area contributed by atoms with Gasteiger partial charge in [0.05, 0.1) is 0 Å². The first-order valence-corrected chi connectivity index (χ1v) is 13.7. The summed E-state index contributed by atoms with van der Waals surface area (Å²) in [6.45, 7) is 5.55. The van der Waals surface area contributed by atoms with Crippen molar-refractivity contribution in [3.05, 3.63) is 66.2 Å². The molecule has 2 aromatic rings. The summed E-state index contributed by atoms with van der Waals surface area (Å²) < 4.78 is 24.7. The van der Waals surface area contributed by atoms with Crippen LogP contribution in [-0.2, 0) is 24.7 Å². The summed E-state index contributed by atoms with van der Waals surface area (Å²) in [4.78, 5) is 27.4. The maximum atomic E-state index is 13.1. The predicted molar refractivity (Wildman–Crippen MR) is 123 cm³/mol. The molecule has 1 aliphatic heterocycles. The number of hydrogen-bond acceptors (Lipinski definition) is 5. The second kappa shape index (κ2) is 10.9. The zero-order valence-electron chi connectivity index (χ0n) is 18.9. The molecule has 0 aliphatic carbocycles. The topological polar surface area (TPSA) is 72.9 Å². The monoisotopic (exact) mass is 505 g/mol. The Hall–Kier alpha value is -2.50. The van der Waals surface area contributed by atoms with E-state index in [9.17, 15) is 13.4 Å². The molecule has 3 atom stereocenters. The molecule has 0 N–H and O–H groups in total. The number of carbonyl (C=O) groups excluding carboxylic acids is 2. The Bertz CT molecular complexity index is 926. The van der Waals surface area contributed by atoms with Gasteiger partial charge in [-0.1, -0.05) is 0 Å². The van der Waals surface area contributed by atoms with Crippen LogP contribution in [0.15, 0.2) is 60.7 Å². The van der Waals surface area contributed by atoms with Crippen molar-refractivity contribution in [2.75, 3.05) is 0 Å². The van der Waals surface area contributed by atoms with Crippen LogP contribution in [0.2, 0.25) is 5.32 Å². The van der Waals surface area contributed by atoms with E-state index >= 15 is 0 Å². The van der Waals surface area contributed by atoms with Gasteiger partial charge in [0, 0.05) is 0 Å². The molecule has 6 nitrogen and oxygen atoms in total. The van der Waals surface area contributed by atoms with Crippen LogP contribution in [-0.4, -0.2) is 48.5 Å². The van der Waals surface area contributed by atoms with E-state index in [0.717, 1.165) is 10.0 Å². The van der Waals surface area contributed by atoms with Crippen LogP contribution < -0.4 is 4.46 Å². The fraction of sp³-hybridized carbons (Fsp3) is 0.440. The Balaban J connectivity index is 1.70. The molecule has 1 saturated heterocycles. The third kappa shape index (κ3) is 6.75. The molecule has 7 heteroatoms. The van der Waals surface area contributed by atoms with E-state index < -0.39 is 37.5 Å². The number of amides is 1. The molecule has 1 fully saturated rings. The Morgan fingerprint density at radius 1 is 1.00 bits per heavy atom. The van der Waals surface area contributed by atoms with Crippen LogP contribution in [0, 0.1) is 0 Å². The SMILES string of the molecule is CC(C)(C)OC(=O)[C@@H]1CC[C@H](CC[Se](=O)c2ccccc2)N1C(=O)OCc1ccccc1. The fourth-order valence-corrected chi connectivity index (χ4v) is 6.25. The van der Waals surface area contributed by atoms with Crippen molar-refractivity contribution in [2.45, 2.75) is 69.6 Å². The molecular formula is C25H31NO5Se. The second-order valence-corrected chi connectivity index (χ2v) is 12.2. The molecular weight excluding hydrogens is 473 g/mol. The number of ether oxygens (including phenoxy) is 2. The summed E-state index contributed by atoms with van der Waals surface area (Å²) in [5, 5.41) is 0.498. The van der Waals surface area contributed by atoms with Crippen LogP contribution in [0.5, 0.6) is 0 Å². The van der Waals surface area contributed by atoms with E-state index in [2.05, 4.69) is 0 Å². The van der Waals surface area contributed by atoms with Gasteiger partial charge in [-0.15, -0.1) is 0 Å². The predicted octanol–water partition coefficient (Wildman–Crippen LogP) is 4.22. The second-order valence-electron chi connectivity index (χ2n) is 8.88. The molecule has 1 unspecified atom stereocenters. The number of carbonyl (C=O) groups is 2. The average molecular weight is 504 g/mol. The van der Waals surface area contributed by atoms with Crippen molar-refractivity contribution in [1.29, 1.82) is 0 Å². The molecule has 0 saturated carbocycles. The van der Waals surface area contributed by atoms with Crippen molar-refractivity contribution in [3.8, 4) is 0 Å². The molecule has 0 spiro atoms. The van der Waals surface area contributed by atoms with Gasteiger partial charge in [-0.25, -0.2) is 0 Å². The Morgan fingerprint density at radius 3 is 2.25 bits per heavy atom. The summed E-state index contributed by atoms with van der Waals surface area (Å²) in [5.74, 6) is -0.422. The number of rotatable bonds is 7. The molecule has 172 valence electrons. The number of esters is 1. The first-order chi connectivity index (χ1) is 15.2. The Labute approximate surface area is 194 Å². The van der Waals surface area contributed by atoms with E-state index in [1.807, 2.05) is 81.4 Å². The van der Waals surface area contributed by atoms with Crippen molar-refractivity contribution in [2.24, 2.45) is 0 Å². The van der Waals surface area contributed by atoms with Gasteiger partial charge < -0.3 is 0 Å². The van der Waals surface area contributed by atoms with Crippen molar-refractivity contribution in [3.63, 3.8) is 0 Å². The van der Waals surface area contributed by atoms with Gasteiger partial charge >= 0.3 is 194 Å². The number of benzene rings is 2. The van der Waals surface area contributed by atoms with E-state index in [1.54, 1.807) is 0 Å². The number of nitrogens with zero attached hydrogens (tertiary/aromatic N) is 1. The summed E-state index contributed by atoms with van der Waals surface area (Å²) in [6.07, 6.45) is 1.18. The first-order valence-electron chi connectivity index (χ1n) is 10.9. The van der Waals surface area contributed by atoms with Crippen molar-refractivity contribution < 1.29 is 22.9 Å². The molecule has 0 bridgehead atoms. The molecule has 1 heterocycles. The summed E-state index contributed by atoms with van der Waals surface area (Å²) in [5.41, 5.74) is 0.231. The standard InChI is InChI=1S/C25H31NO5Se/c1-25(2,3)31-23(27)22-15-14-20(16-17-32(29)21-12-8-5-9-13-21)26(22)24(28)30-18-19-10-6-4-7-11-19/h4-13,20,22H,14-18H2,1-3H3/t20-,22+,32?/m1/s1. The Morgan fingerprint density at radius 2 is 1.62 bits per heavy atom. The van der Waals surface area contributed by atoms with Crippen molar-refractivity contribution >= 4 is 30.4 Å². The minimum atomic E-state index is -2.22. The van der Waals surface area contributed by atoms with E-state index in [-0.39, 0.29) is 12.6 Å². The van der Waals surface area contributed by atoms with Gasteiger partial charge in [0.25, 0.3) is 0 Å².